The second-order valence-electron chi connectivity index (χ2n) is 4.61. The monoisotopic (exact) mass is 300 g/mol. The van der Waals surface area contributed by atoms with Crippen molar-refractivity contribution in [2.75, 3.05) is 26.8 Å². The average molecular weight is 300 g/mol. The largest absolute Gasteiger partial charge is 0.383 e. The van der Waals surface area contributed by atoms with Crippen LogP contribution >= 0.6 is 0 Å². The molecular formula is C14H24N2O3S. The first-order valence-electron chi connectivity index (χ1n) is 6.80. The van der Waals surface area contributed by atoms with E-state index < -0.39 is 10.0 Å². The van der Waals surface area contributed by atoms with Gasteiger partial charge in [0.25, 0.3) is 0 Å². The van der Waals surface area contributed by atoms with Gasteiger partial charge in [0.1, 0.15) is 0 Å². The van der Waals surface area contributed by atoms with E-state index in [0.717, 1.165) is 24.1 Å². The topological polar surface area (TPSA) is 67.4 Å². The van der Waals surface area contributed by atoms with E-state index in [1.54, 1.807) is 19.2 Å². The van der Waals surface area contributed by atoms with Crippen LogP contribution in [-0.2, 0) is 21.3 Å². The molecule has 0 aliphatic carbocycles. The van der Waals surface area contributed by atoms with Gasteiger partial charge in [0.05, 0.1) is 11.5 Å². The van der Waals surface area contributed by atoms with Gasteiger partial charge in [-0.05, 0) is 37.1 Å². The molecule has 20 heavy (non-hydrogen) atoms. The molecule has 114 valence electrons. The molecule has 0 atom stereocenters. The van der Waals surface area contributed by atoms with Crippen LogP contribution in [0, 0.1) is 6.92 Å². The lowest BCUT2D eigenvalue weighted by atomic mass is 10.1. The van der Waals surface area contributed by atoms with Gasteiger partial charge in [-0.3, -0.25) is 0 Å². The lowest BCUT2D eigenvalue weighted by molar-refractivity contribution is 0.204. The van der Waals surface area contributed by atoms with Crippen LogP contribution in [-0.4, -0.2) is 35.2 Å². The SMILES string of the molecule is CCCNCc1cccc(S(=O)(=O)NCCOC)c1C. The maximum Gasteiger partial charge on any atom is 0.240 e. The zero-order valence-corrected chi connectivity index (χ0v) is 13.2. The number of rotatable bonds is 9. The zero-order valence-electron chi connectivity index (χ0n) is 12.4. The van der Waals surface area contributed by atoms with Gasteiger partial charge >= 0.3 is 0 Å². The molecule has 0 aromatic heterocycles. The van der Waals surface area contributed by atoms with Crippen molar-refractivity contribution in [2.24, 2.45) is 0 Å². The van der Waals surface area contributed by atoms with Crippen molar-refractivity contribution in [2.45, 2.75) is 31.7 Å². The van der Waals surface area contributed by atoms with E-state index >= 15 is 0 Å². The molecule has 1 aromatic carbocycles. The molecule has 0 heterocycles. The van der Waals surface area contributed by atoms with Gasteiger partial charge in [0.15, 0.2) is 0 Å². The van der Waals surface area contributed by atoms with Crippen LogP contribution < -0.4 is 10.0 Å². The first-order chi connectivity index (χ1) is 9.53. The Morgan fingerprint density at radius 1 is 1.25 bits per heavy atom. The van der Waals surface area contributed by atoms with Gasteiger partial charge < -0.3 is 10.1 Å². The minimum atomic E-state index is -3.47. The fourth-order valence-electron chi connectivity index (χ4n) is 1.90. The molecule has 1 aromatic rings. The smallest absolute Gasteiger partial charge is 0.240 e. The van der Waals surface area contributed by atoms with Gasteiger partial charge in [-0.1, -0.05) is 19.1 Å². The van der Waals surface area contributed by atoms with Crippen LogP contribution in [0.2, 0.25) is 0 Å². The molecule has 0 bridgehead atoms. The summed E-state index contributed by atoms with van der Waals surface area (Å²) in [4.78, 5) is 0.337. The number of benzene rings is 1. The van der Waals surface area contributed by atoms with E-state index in [1.807, 2.05) is 13.0 Å². The van der Waals surface area contributed by atoms with Crippen molar-refractivity contribution in [3.63, 3.8) is 0 Å². The van der Waals surface area contributed by atoms with Crippen molar-refractivity contribution in [1.29, 1.82) is 0 Å². The molecule has 5 nitrogen and oxygen atoms in total. The van der Waals surface area contributed by atoms with Gasteiger partial charge in [0, 0.05) is 20.2 Å². The third kappa shape index (κ3) is 4.86. The van der Waals surface area contributed by atoms with Gasteiger partial charge in [-0.15, -0.1) is 0 Å². The second kappa shape index (κ2) is 8.36. The van der Waals surface area contributed by atoms with Gasteiger partial charge in [-0.2, -0.15) is 0 Å². The predicted octanol–water partition coefficient (Wildman–Crippen LogP) is 1.42. The first-order valence-corrected chi connectivity index (χ1v) is 8.29. The van der Waals surface area contributed by atoms with Crippen molar-refractivity contribution in [3.05, 3.63) is 29.3 Å². The Balaban J connectivity index is 2.87. The van der Waals surface area contributed by atoms with E-state index in [1.165, 1.54) is 0 Å². The van der Waals surface area contributed by atoms with Crippen molar-refractivity contribution >= 4 is 10.0 Å². The lowest BCUT2D eigenvalue weighted by Gasteiger charge is -2.13. The molecule has 0 saturated heterocycles. The number of methoxy groups -OCH3 is 1. The molecule has 0 amide bonds. The third-order valence-electron chi connectivity index (χ3n) is 3.03. The van der Waals surface area contributed by atoms with E-state index in [0.29, 0.717) is 18.0 Å². The summed E-state index contributed by atoms with van der Waals surface area (Å²) in [6.07, 6.45) is 1.05. The number of sulfonamides is 1. The van der Waals surface area contributed by atoms with Crippen LogP contribution in [0.4, 0.5) is 0 Å². The second-order valence-corrected chi connectivity index (χ2v) is 6.34. The molecule has 0 aliphatic rings. The van der Waals surface area contributed by atoms with E-state index in [9.17, 15) is 8.42 Å². The highest BCUT2D eigenvalue weighted by atomic mass is 32.2. The van der Waals surface area contributed by atoms with E-state index in [-0.39, 0.29) is 6.54 Å². The Bertz CT molecular complexity index is 515. The Morgan fingerprint density at radius 3 is 2.65 bits per heavy atom. The molecular weight excluding hydrogens is 276 g/mol. The average Bonchev–Trinajstić information content (AvgIpc) is 2.41. The normalized spacial score (nSPS) is 11.8. The molecule has 0 fully saturated rings. The molecule has 0 unspecified atom stereocenters. The van der Waals surface area contributed by atoms with Crippen molar-refractivity contribution < 1.29 is 13.2 Å². The van der Waals surface area contributed by atoms with Crippen LogP contribution in [0.1, 0.15) is 24.5 Å². The Kier molecular flexibility index (Phi) is 7.15. The van der Waals surface area contributed by atoms with Crippen LogP contribution in [0.3, 0.4) is 0 Å². The molecule has 2 N–H and O–H groups in total. The number of nitrogens with one attached hydrogen (secondary N) is 2. The predicted molar refractivity (Wildman–Crippen MR) is 80.2 cm³/mol. The third-order valence-corrected chi connectivity index (χ3v) is 4.63. The number of hydrogen-bond donors (Lipinski definition) is 2. The lowest BCUT2D eigenvalue weighted by Crippen LogP contribution is -2.28. The summed E-state index contributed by atoms with van der Waals surface area (Å²) < 4.78 is 31.8. The summed E-state index contributed by atoms with van der Waals surface area (Å²) in [5.41, 5.74) is 1.80. The Labute approximate surface area is 121 Å². The van der Waals surface area contributed by atoms with Crippen LogP contribution in [0.5, 0.6) is 0 Å². The maximum atomic E-state index is 12.2. The highest BCUT2D eigenvalue weighted by Gasteiger charge is 2.17. The summed E-state index contributed by atoms with van der Waals surface area (Å²) in [5.74, 6) is 0. The molecule has 0 aliphatic heterocycles. The highest BCUT2D eigenvalue weighted by molar-refractivity contribution is 7.89. The first kappa shape index (κ1) is 17.1. The summed E-state index contributed by atoms with van der Waals surface area (Å²) in [6.45, 7) is 6.17. The van der Waals surface area contributed by atoms with Gasteiger partial charge in [0.2, 0.25) is 10.0 Å². The minimum absolute atomic E-state index is 0.274. The standard InChI is InChI=1S/C14H24N2O3S/c1-4-8-15-11-13-6-5-7-14(12(13)2)20(17,18)16-9-10-19-3/h5-7,15-16H,4,8-11H2,1-3H3. The van der Waals surface area contributed by atoms with E-state index in [2.05, 4.69) is 17.0 Å². The molecule has 0 saturated carbocycles. The van der Waals surface area contributed by atoms with E-state index in [4.69, 9.17) is 4.74 Å². The summed E-state index contributed by atoms with van der Waals surface area (Å²) in [5, 5.41) is 3.29. The Hall–Kier alpha value is -0.950. The highest BCUT2D eigenvalue weighted by Crippen LogP contribution is 2.18. The molecule has 6 heteroatoms. The van der Waals surface area contributed by atoms with Crippen LogP contribution in [0.25, 0.3) is 0 Å². The zero-order chi connectivity index (χ0) is 15.0. The fraction of sp³-hybridized carbons (Fsp3) is 0.571. The summed E-state index contributed by atoms with van der Waals surface area (Å²) in [6, 6.07) is 5.36. The quantitative estimate of drug-likeness (QED) is 0.677. The molecule has 1 rings (SSSR count). The van der Waals surface area contributed by atoms with Crippen molar-refractivity contribution in [3.8, 4) is 0 Å². The number of hydrogen-bond acceptors (Lipinski definition) is 4. The number of ether oxygens (including phenoxy) is 1. The summed E-state index contributed by atoms with van der Waals surface area (Å²) >= 11 is 0. The molecule has 0 radical (unpaired) electrons. The van der Waals surface area contributed by atoms with Gasteiger partial charge in [-0.25, -0.2) is 13.1 Å². The maximum absolute atomic E-state index is 12.2. The summed E-state index contributed by atoms with van der Waals surface area (Å²) in [7, 11) is -1.93. The fourth-order valence-corrected chi connectivity index (χ4v) is 3.20. The van der Waals surface area contributed by atoms with Crippen LogP contribution in [0.15, 0.2) is 23.1 Å². The minimum Gasteiger partial charge on any atom is -0.383 e. The Morgan fingerprint density at radius 2 is 2.00 bits per heavy atom. The van der Waals surface area contributed by atoms with Crippen molar-refractivity contribution in [1.82, 2.24) is 10.0 Å². The molecule has 0 spiro atoms.